The van der Waals surface area contributed by atoms with E-state index in [1.807, 2.05) is 0 Å². The van der Waals surface area contributed by atoms with Gasteiger partial charge in [-0.1, -0.05) is 12.1 Å². The number of halogens is 1. The van der Waals surface area contributed by atoms with E-state index < -0.39 is 5.97 Å². The van der Waals surface area contributed by atoms with Crippen LogP contribution in [0.15, 0.2) is 24.3 Å². The minimum absolute atomic E-state index is 0.0527. The van der Waals surface area contributed by atoms with Crippen LogP contribution in [0, 0.1) is 0 Å². The Balaban J connectivity index is 3.27. The maximum absolute atomic E-state index is 10.9. The van der Waals surface area contributed by atoms with Gasteiger partial charge in [0, 0.05) is 28.2 Å². The van der Waals surface area contributed by atoms with Gasteiger partial charge < -0.3 is 5.11 Å². The monoisotopic (exact) mass is 276 g/mol. The summed E-state index contributed by atoms with van der Waals surface area (Å²) in [6, 6.07) is 6.14. The molecule has 1 aromatic carbocycles. The molecule has 4 heteroatoms. The Labute approximate surface area is 82.5 Å². The second kappa shape index (κ2) is 3.66. The van der Waals surface area contributed by atoms with Gasteiger partial charge in [0.2, 0.25) is 3.79 Å². The van der Waals surface area contributed by atoms with Gasteiger partial charge in [-0.15, -0.1) is 0 Å². The lowest BCUT2D eigenvalue weighted by Crippen LogP contribution is -2.03. The van der Waals surface area contributed by atoms with Crippen LogP contribution in [0.5, 0.6) is 0 Å². The fourth-order valence-corrected chi connectivity index (χ4v) is 1.31. The third-order valence-corrected chi connectivity index (χ3v) is 1.95. The second-order valence-corrected chi connectivity index (χ2v) is 3.10. The number of carboxylic acids is 1. The number of hydrogen-bond donors (Lipinski definition) is 1. The number of carboxylic acid groups (broad SMARTS) is 1. The highest BCUT2D eigenvalue weighted by Crippen LogP contribution is 2.12. The fraction of sp³-hybridized carbons (Fsp3) is 0. The Kier molecular flexibility index (Phi) is 2.80. The van der Waals surface area contributed by atoms with Crippen molar-refractivity contribution in [2.75, 3.05) is 0 Å². The zero-order valence-electron chi connectivity index (χ0n) is 5.95. The fourth-order valence-electron chi connectivity index (χ4n) is 0.841. The number of benzene rings is 1. The molecule has 3 nitrogen and oxygen atoms in total. The van der Waals surface area contributed by atoms with Crippen molar-refractivity contribution in [3.63, 3.8) is 0 Å². The first kappa shape index (κ1) is 9.18. The Morgan fingerprint density at radius 2 is 1.67 bits per heavy atom. The molecule has 1 rings (SSSR count). The molecule has 1 N–H and O–H groups in total. The SMILES string of the molecule is O=C(O)c1ccccc1C(=O)I. The smallest absolute Gasteiger partial charge is 0.336 e. The van der Waals surface area contributed by atoms with Gasteiger partial charge in [-0.3, -0.25) is 4.79 Å². The minimum atomic E-state index is -1.07. The van der Waals surface area contributed by atoms with Gasteiger partial charge in [-0.25, -0.2) is 4.79 Å². The van der Waals surface area contributed by atoms with Crippen LogP contribution < -0.4 is 0 Å². The van der Waals surface area contributed by atoms with Crippen LogP contribution in [-0.4, -0.2) is 14.9 Å². The molecule has 0 bridgehead atoms. The highest BCUT2D eigenvalue weighted by Gasteiger charge is 2.12. The first-order valence-electron chi connectivity index (χ1n) is 3.15. The van der Waals surface area contributed by atoms with Gasteiger partial charge in [0.1, 0.15) is 0 Å². The van der Waals surface area contributed by atoms with Crippen LogP contribution in [0.3, 0.4) is 0 Å². The summed E-state index contributed by atoms with van der Waals surface area (Å²) in [5.74, 6) is -1.07. The Morgan fingerprint density at radius 1 is 1.17 bits per heavy atom. The number of hydrogen-bond acceptors (Lipinski definition) is 2. The average Bonchev–Trinajstić information content (AvgIpc) is 2.04. The summed E-state index contributed by atoms with van der Waals surface area (Å²) in [5.41, 5.74) is 0.294. The van der Waals surface area contributed by atoms with Crippen molar-refractivity contribution in [2.24, 2.45) is 0 Å². The molecule has 0 unspecified atom stereocenters. The molecule has 0 aliphatic rings. The van der Waals surface area contributed by atoms with Crippen molar-refractivity contribution in [3.8, 4) is 0 Å². The molecule has 0 heterocycles. The first-order valence-corrected chi connectivity index (χ1v) is 4.23. The quantitative estimate of drug-likeness (QED) is 0.663. The molecule has 0 spiro atoms. The van der Waals surface area contributed by atoms with E-state index in [1.165, 1.54) is 12.1 Å². The van der Waals surface area contributed by atoms with E-state index in [0.29, 0.717) is 0 Å². The molecule has 62 valence electrons. The van der Waals surface area contributed by atoms with E-state index in [1.54, 1.807) is 34.7 Å². The number of aromatic carboxylic acids is 1. The van der Waals surface area contributed by atoms with E-state index in [4.69, 9.17) is 5.11 Å². The van der Waals surface area contributed by atoms with E-state index in [9.17, 15) is 9.59 Å². The molecule has 0 amide bonds. The molecule has 12 heavy (non-hydrogen) atoms. The topological polar surface area (TPSA) is 54.4 Å². The van der Waals surface area contributed by atoms with E-state index in [2.05, 4.69) is 0 Å². The molecule has 0 radical (unpaired) electrons. The molecule has 0 fully saturated rings. The maximum Gasteiger partial charge on any atom is 0.336 e. The molecular formula is C8H5IO3. The number of rotatable bonds is 2. The highest BCUT2D eigenvalue weighted by atomic mass is 127. The van der Waals surface area contributed by atoms with Crippen molar-refractivity contribution in [3.05, 3.63) is 35.4 Å². The third kappa shape index (κ3) is 1.82. The summed E-state index contributed by atoms with van der Waals surface area (Å²) >= 11 is 1.57. The maximum atomic E-state index is 10.9. The molecule has 0 saturated heterocycles. The predicted octanol–water partition coefficient (Wildman–Crippen LogP) is 1.96. The Bertz CT molecular complexity index is 300. The summed E-state index contributed by atoms with van der Waals surface area (Å²) in [4.78, 5) is 21.5. The lowest BCUT2D eigenvalue weighted by molar-refractivity contribution is 0.0694. The third-order valence-electron chi connectivity index (χ3n) is 1.37. The molecule has 1 aromatic rings. The van der Waals surface area contributed by atoms with E-state index in [0.717, 1.165) is 0 Å². The first-order chi connectivity index (χ1) is 5.63. The lowest BCUT2D eigenvalue weighted by atomic mass is 10.1. The highest BCUT2D eigenvalue weighted by molar-refractivity contribution is 14.1. The van der Waals surface area contributed by atoms with Crippen molar-refractivity contribution < 1.29 is 14.7 Å². The summed E-state index contributed by atoms with van der Waals surface area (Å²) in [6.45, 7) is 0. The zero-order valence-corrected chi connectivity index (χ0v) is 8.11. The zero-order chi connectivity index (χ0) is 9.14. The largest absolute Gasteiger partial charge is 0.478 e. The van der Waals surface area contributed by atoms with Crippen LogP contribution in [-0.2, 0) is 0 Å². The van der Waals surface area contributed by atoms with Gasteiger partial charge in [0.15, 0.2) is 0 Å². The Hall–Kier alpha value is -0.910. The standard InChI is InChI=1S/C8H5IO3/c9-7(10)5-3-1-2-4-6(5)8(11)12/h1-4H,(H,11,12). The summed E-state index contributed by atoms with van der Waals surface area (Å²) in [7, 11) is 0. The average molecular weight is 276 g/mol. The van der Waals surface area contributed by atoms with Crippen molar-refractivity contribution >= 4 is 32.4 Å². The van der Waals surface area contributed by atoms with Gasteiger partial charge in [-0.2, -0.15) is 0 Å². The molecule has 0 saturated carbocycles. The van der Waals surface area contributed by atoms with Crippen LogP contribution in [0.25, 0.3) is 0 Å². The van der Waals surface area contributed by atoms with Crippen molar-refractivity contribution in [2.45, 2.75) is 0 Å². The molecule has 0 aliphatic heterocycles. The van der Waals surface area contributed by atoms with Crippen LogP contribution in [0.1, 0.15) is 20.7 Å². The number of carbonyl (C=O) groups is 2. The summed E-state index contributed by atoms with van der Waals surface area (Å²) in [5, 5.41) is 8.66. The molecule has 0 aromatic heterocycles. The van der Waals surface area contributed by atoms with E-state index in [-0.39, 0.29) is 14.9 Å². The Morgan fingerprint density at radius 3 is 2.00 bits per heavy atom. The summed E-state index contributed by atoms with van der Waals surface area (Å²) in [6.07, 6.45) is 0. The van der Waals surface area contributed by atoms with Crippen molar-refractivity contribution in [1.82, 2.24) is 0 Å². The van der Waals surface area contributed by atoms with Crippen LogP contribution in [0.4, 0.5) is 0 Å². The van der Waals surface area contributed by atoms with Gasteiger partial charge in [0.05, 0.1) is 5.56 Å². The second-order valence-electron chi connectivity index (χ2n) is 2.12. The lowest BCUT2D eigenvalue weighted by Gasteiger charge is -1.98. The summed E-state index contributed by atoms with van der Waals surface area (Å²) < 4.78 is -0.259. The number of carbonyl (C=O) groups excluding carboxylic acids is 1. The van der Waals surface area contributed by atoms with E-state index >= 15 is 0 Å². The van der Waals surface area contributed by atoms with Gasteiger partial charge >= 0.3 is 5.97 Å². The van der Waals surface area contributed by atoms with Crippen LogP contribution >= 0.6 is 22.6 Å². The minimum Gasteiger partial charge on any atom is -0.478 e. The molecule has 0 aliphatic carbocycles. The predicted molar refractivity (Wildman–Crippen MR) is 51.8 cm³/mol. The van der Waals surface area contributed by atoms with Gasteiger partial charge in [0.25, 0.3) is 0 Å². The molecule has 0 atom stereocenters. The van der Waals surface area contributed by atoms with Crippen LogP contribution in [0.2, 0.25) is 0 Å². The molecular weight excluding hydrogens is 271 g/mol. The van der Waals surface area contributed by atoms with Gasteiger partial charge in [-0.05, 0) is 12.1 Å². The normalized spacial score (nSPS) is 9.42. The van der Waals surface area contributed by atoms with Crippen molar-refractivity contribution in [1.29, 1.82) is 0 Å².